The lowest BCUT2D eigenvalue weighted by molar-refractivity contribution is 0.243. The summed E-state index contributed by atoms with van der Waals surface area (Å²) in [5, 5.41) is 0.128. The average Bonchev–Trinajstić information content (AvgIpc) is 2.78. The van der Waals surface area contributed by atoms with Crippen LogP contribution in [-0.4, -0.2) is 41.3 Å². The van der Waals surface area contributed by atoms with Crippen LogP contribution in [0.5, 0.6) is 0 Å². The second-order valence-electron chi connectivity index (χ2n) is 4.73. The van der Waals surface area contributed by atoms with Crippen molar-refractivity contribution in [3.05, 3.63) is 12.0 Å². The van der Waals surface area contributed by atoms with Gasteiger partial charge in [-0.05, 0) is 13.8 Å². The van der Waals surface area contributed by atoms with Gasteiger partial charge in [-0.2, -0.15) is 4.31 Å². The van der Waals surface area contributed by atoms with Gasteiger partial charge in [0.15, 0.2) is 5.03 Å². The first kappa shape index (κ1) is 15.1. The number of nitrogens with two attached hydrogens (primary N) is 1. The maximum absolute atomic E-state index is 12.5. The monoisotopic (exact) mass is 274 g/mol. The lowest BCUT2D eigenvalue weighted by atomic mass is 10.1. The molecule has 0 aliphatic rings. The van der Waals surface area contributed by atoms with E-state index in [-0.39, 0.29) is 11.6 Å². The van der Waals surface area contributed by atoms with Crippen molar-refractivity contribution in [1.29, 1.82) is 0 Å². The Kier molecular flexibility index (Phi) is 4.52. The number of aryl methyl sites for hydroxylation is 1. The molecule has 18 heavy (non-hydrogen) atoms. The van der Waals surface area contributed by atoms with Crippen molar-refractivity contribution >= 4 is 10.0 Å². The SMILES string of the molecule is CCc1ncc(S(=O)(=O)N(CC)C(C)(C)CN)[nH]1. The zero-order valence-electron chi connectivity index (χ0n) is 11.4. The third-order valence-electron chi connectivity index (χ3n) is 2.97. The molecule has 0 spiro atoms. The number of rotatable bonds is 6. The topological polar surface area (TPSA) is 92.1 Å². The molecule has 0 amide bonds. The second kappa shape index (κ2) is 5.38. The first-order chi connectivity index (χ1) is 8.29. The molecule has 0 unspecified atom stereocenters. The van der Waals surface area contributed by atoms with Gasteiger partial charge in [0.25, 0.3) is 10.0 Å². The molecule has 0 saturated carbocycles. The fourth-order valence-electron chi connectivity index (χ4n) is 1.80. The number of sulfonamides is 1. The number of imidazole rings is 1. The minimum Gasteiger partial charge on any atom is -0.332 e. The minimum atomic E-state index is -3.57. The van der Waals surface area contributed by atoms with E-state index >= 15 is 0 Å². The Balaban J connectivity index is 3.19. The number of aromatic nitrogens is 2. The summed E-state index contributed by atoms with van der Waals surface area (Å²) in [5.41, 5.74) is 5.04. The fourth-order valence-corrected chi connectivity index (χ4v) is 3.53. The third kappa shape index (κ3) is 2.73. The Morgan fingerprint density at radius 1 is 1.44 bits per heavy atom. The lowest BCUT2D eigenvalue weighted by Gasteiger charge is -2.35. The number of nitrogens with one attached hydrogen (secondary N) is 1. The van der Waals surface area contributed by atoms with Crippen LogP contribution in [0.1, 0.15) is 33.5 Å². The van der Waals surface area contributed by atoms with Gasteiger partial charge in [-0.25, -0.2) is 13.4 Å². The largest absolute Gasteiger partial charge is 0.332 e. The van der Waals surface area contributed by atoms with Crippen LogP contribution in [0.15, 0.2) is 11.2 Å². The first-order valence-corrected chi connectivity index (χ1v) is 7.50. The van der Waals surface area contributed by atoms with Gasteiger partial charge in [-0.3, -0.25) is 0 Å². The van der Waals surface area contributed by atoms with E-state index in [2.05, 4.69) is 9.97 Å². The van der Waals surface area contributed by atoms with Gasteiger partial charge in [-0.1, -0.05) is 13.8 Å². The molecule has 1 aromatic rings. The number of hydrogen-bond acceptors (Lipinski definition) is 4. The van der Waals surface area contributed by atoms with Crippen molar-refractivity contribution in [2.24, 2.45) is 5.73 Å². The molecule has 7 heteroatoms. The molecule has 104 valence electrons. The van der Waals surface area contributed by atoms with E-state index < -0.39 is 15.6 Å². The van der Waals surface area contributed by atoms with E-state index in [1.54, 1.807) is 6.92 Å². The summed E-state index contributed by atoms with van der Waals surface area (Å²) < 4.78 is 26.4. The smallest absolute Gasteiger partial charge is 0.260 e. The van der Waals surface area contributed by atoms with Crippen molar-refractivity contribution in [2.45, 2.75) is 44.7 Å². The number of aromatic amines is 1. The summed E-state index contributed by atoms with van der Waals surface area (Å²) in [5.74, 6) is 0.662. The van der Waals surface area contributed by atoms with E-state index in [1.807, 2.05) is 20.8 Å². The molecule has 0 aliphatic carbocycles. The van der Waals surface area contributed by atoms with Crippen LogP contribution < -0.4 is 5.73 Å². The zero-order chi connectivity index (χ0) is 14.0. The van der Waals surface area contributed by atoms with E-state index in [4.69, 9.17) is 5.73 Å². The molecule has 1 heterocycles. The summed E-state index contributed by atoms with van der Waals surface area (Å²) >= 11 is 0. The molecule has 0 aliphatic heterocycles. The Morgan fingerprint density at radius 3 is 2.44 bits per heavy atom. The number of nitrogens with zero attached hydrogens (tertiary/aromatic N) is 2. The van der Waals surface area contributed by atoms with Crippen LogP contribution in [0.25, 0.3) is 0 Å². The lowest BCUT2D eigenvalue weighted by Crippen LogP contribution is -2.52. The molecule has 3 N–H and O–H groups in total. The van der Waals surface area contributed by atoms with Crippen molar-refractivity contribution in [3.63, 3.8) is 0 Å². The summed E-state index contributed by atoms with van der Waals surface area (Å²) in [6.07, 6.45) is 2.03. The number of likely N-dealkylation sites (N-methyl/N-ethyl adjacent to an activating group) is 1. The second-order valence-corrected chi connectivity index (χ2v) is 6.56. The van der Waals surface area contributed by atoms with Crippen molar-refractivity contribution in [2.75, 3.05) is 13.1 Å². The Hall–Kier alpha value is -0.920. The molecule has 0 atom stereocenters. The third-order valence-corrected chi connectivity index (χ3v) is 5.07. The molecule has 1 aromatic heterocycles. The van der Waals surface area contributed by atoms with Crippen LogP contribution in [0.4, 0.5) is 0 Å². The van der Waals surface area contributed by atoms with Crippen molar-refractivity contribution < 1.29 is 8.42 Å². The van der Waals surface area contributed by atoms with Gasteiger partial charge < -0.3 is 10.7 Å². The van der Waals surface area contributed by atoms with E-state index in [0.717, 1.165) is 0 Å². The normalized spacial score (nSPS) is 13.2. The van der Waals surface area contributed by atoms with Crippen LogP contribution in [-0.2, 0) is 16.4 Å². The van der Waals surface area contributed by atoms with Gasteiger partial charge >= 0.3 is 0 Å². The number of H-pyrrole nitrogens is 1. The molecule has 0 saturated heterocycles. The van der Waals surface area contributed by atoms with Crippen LogP contribution in [0.2, 0.25) is 0 Å². The Labute approximate surface area is 109 Å². The van der Waals surface area contributed by atoms with Gasteiger partial charge in [0.2, 0.25) is 0 Å². The molecule has 0 bridgehead atoms. The highest BCUT2D eigenvalue weighted by Gasteiger charge is 2.36. The van der Waals surface area contributed by atoms with Crippen molar-refractivity contribution in [3.8, 4) is 0 Å². The molecule has 0 aromatic carbocycles. The molecule has 0 radical (unpaired) electrons. The van der Waals surface area contributed by atoms with E-state index in [0.29, 0.717) is 18.8 Å². The predicted octanol–water partition coefficient (Wildman–Crippen LogP) is 0.720. The average molecular weight is 274 g/mol. The maximum atomic E-state index is 12.5. The molecule has 6 nitrogen and oxygen atoms in total. The summed E-state index contributed by atoms with van der Waals surface area (Å²) in [7, 11) is -3.57. The predicted molar refractivity (Wildman–Crippen MR) is 70.7 cm³/mol. The minimum absolute atomic E-state index is 0.128. The summed E-state index contributed by atoms with van der Waals surface area (Å²) in [4.78, 5) is 6.87. The molecular formula is C11H22N4O2S. The standard InChI is InChI=1S/C11H22N4O2S/c1-5-9-13-7-10(14-9)18(16,17)15(6-2)11(3,4)8-12/h7H,5-6,8,12H2,1-4H3,(H,13,14). The van der Waals surface area contributed by atoms with Crippen LogP contribution in [0, 0.1) is 0 Å². The molecule has 0 fully saturated rings. The number of hydrogen-bond donors (Lipinski definition) is 2. The quantitative estimate of drug-likeness (QED) is 0.799. The Morgan fingerprint density at radius 2 is 2.06 bits per heavy atom. The van der Waals surface area contributed by atoms with Gasteiger partial charge in [0.1, 0.15) is 5.82 Å². The molecule has 1 rings (SSSR count). The first-order valence-electron chi connectivity index (χ1n) is 6.06. The van der Waals surface area contributed by atoms with Crippen molar-refractivity contribution in [1.82, 2.24) is 14.3 Å². The fraction of sp³-hybridized carbons (Fsp3) is 0.727. The highest BCUT2D eigenvalue weighted by molar-refractivity contribution is 7.89. The zero-order valence-corrected chi connectivity index (χ0v) is 12.2. The Bertz CT molecular complexity index is 493. The highest BCUT2D eigenvalue weighted by atomic mass is 32.2. The van der Waals surface area contributed by atoms with Crippen LogP contribution >= 0.6 is 0 Å². The van der Waals surface area contributed by atoms with Gasteiger partial charge in [-0.15, -0.1) is 0 Å². The summed E-state index contributed by atoms with van der Waals surface area (Å²) in [6.45, 7) is 7.96. The van der Waals surface area contributed by atoms with Gasteiger partial charge in [0, 0.05) is 25.0 Å². The highest BCUT2D eigenvalue weighted by Crippen LogP contribution is 2.22. The van der Waals surface area contributed by atoms with E-state index in [9.17, 15) is 8.42 Å². The van der Waals surface area contributed by atoms with Crippen LogP contribution in [0.3, 0.4) is 0 Å². The maximum Gasteiger partial charge on any atom is 0.260 e. The van der Waals surface area contributed by atoms with E-state index in [1.165, 1.54) is 10.5 Å². The molecular weight excluding hydrogens is 252 g/mol. The van der Waals surface area contributed by atoms with Gasteiger partial charge in [0.05, 0.1) is 6.20 Å². The summed E-state index contributed by atoms with van der Waals surface area (Å²) in [6, 6.07) is 0.